The van der Waals surface area contributed by atoms with Gasteiger partial charge in [0, 0.05) is 55.6 Å². The van der Waals surface area contributed by atoms with Gasteiger partial charge in [-0.1, -0.05) is 0 Å². The first-order valence-corrected chi connectivity index (χ1v) is 12.1. The topological polar surface area (TPSA) is 75.6 Å². The van der Waals surface area contributed by atoms with Gasteiger partial charge < -0.3 is 24.6 Å². The number of pyridine rings is 1. The Balaban J connectivity index is 1.16. The van der Waals surface area contributed by atoms with Crippen LogP contribution in [0.25, 0.3) is 11.3 Å². The third kappa shape index (κ3) is 4.31. The zero-order chi connectivity index (χ0) is 22.9. The highest BCUT2D eigenvalue weighted by Crippen LogP contribution is 2.35. The van der Waals surface area contributed by atoms with Crippen molar-refractivity contribution < 1.29 is 9.47 Å². The Kier molecular flexibility index (Phi) is 5.76. The molecule has 2 bridgehead atoms. The molecule has 34 heavy (non-hydrogen) atoms. The van der Waals surface area contributed by atoms with Gasteiger partial charge in [-0.2, -0.15) is 0 Å². The molecule has 3 fully saturated rings. The average molecular weight is 459 g/mol. The van der Waals surface area contributed by atoms with Crippen LogP contribution < -0.4 is 15.1 Å². The Morgan fingerprint density at radius 2 is 2.03 bits per heavy atom. The molecule has 3 aliphatic rings. The molecular formula is C26H30N6O2. The van der Waals surface area contributed by atoms with Gasteiger partial charge in [0.25, 0.3) is 0 Å². The summed E-state index contributed by atoms with van der Waals surface area (Å²) < 4.78 is 11.3. The SMILES string of the molecule is Cc1cc(Nc2nccc(-c3ccc(N4CCCOCC4)nc3)n2)ccc1N1CC2CC1CO2. The number of rotatable bonds is 5. The third-order valence-corrected chi connectivity index (χ3v) is 6.91. The van der Waals surface area contributed by atoms with E-state index in [0.29, 0.717) is 18.1 Å². The minimum atomic E-state index is 0.389. The number of nitrogens with one attached hydrogen (secondary N) is 1. The molecule has 1 aromatic carbocycles. The van der Waals surface area contributed by atoms with E-state index >= 15 is 0 Å². The van der Waals surface area contributed by atoms with Gasteiger partial charge in [0.05, 0.1) is 31.1 Å². The fourth-order valence-corrected chi connectivity index (χ4v) is 5.16. The summed E-state index contributed by atoms with van der Waals surface area (Å²) in [5, 5.41) is 3.37. The normalized spacial score (nSPS) is 22.1. The molecule has 0 radical (unpaired) electrons. The molecule has 0 aliphatic carbocycles. The third-order valence-electron chi connectivity index (χ3n) is 6.91. The quantitative estimate of drug-likeness (QED) is 0.619. The van der Waals surface area contributed by atoms with Crippen LogP contribution in [0.1, 0.15) is 18.4 Å². The lowest BCUT2D eigenvalue weighted by Crippen LogP contribution is -2.37. The van der Waals surface area contributed by atoms with Crippen molar-refractivity contribution in [3.05, 3.63) is 54.4 Å². The maximum Gasteiger partial charge on any atom is 0.227 e. The lowest BCUT2D eigenvalue weighted by molar-refractivity contribution is 0.0991. The van der Waals surface area contributed by atoms with Crippen molar-refractivity contribution in [3.63, 3.8) is 0 Å². The number of aryl methyl sites for hydroxylation is 1. The number of anilines is 4. The highest BCUT2D eigenvalue weighted by atomic mass is 16.5. The molecule has 3 saturated heterocycles. The molecule has 2 atom stereocenters. The monoisotopic (exact) mass is 458 g/mol. The van der Waals surface area contributed by atoms with E-state index in [9.17, 15) is 0 Å². The molecule has 8 nitrogen and oxygen atoms in total. The van der Waals surface area contributed by atoms with E-state index < -0.39 is 0 Å². The highest BCUT2D eigenvalue weighted by molar-refractivity contribution is 5.66. The van der Waals surface area contributed by atoms with Gasteiger partial charge in [0.15, 0.2) is 0 Å². The number of hydrogen-bond donors (Lipinski definition) is 1. The van der Waals surface area contributed by atoms with Crippen molar-refractivity contribution in [2.75, 3.05) is 54.6 Å². The van der Waals surface area contributed by atoms with E-state index in [1.165, 1.54) is 11.3 Å². The van der Waals surface area contributed by atoms with Gasteiger partial charge in [-0.3, -0.25) is 0 Å². The molecule has 8 heteroatoms. The van der Waals surface area contributed by atoms with Crippen molar-refractivity contribution >= 4 is 23.1 Å². The Morgan fingerprint density at radius 1 is 1.06 bits per heavy atom. The molecule has 5 heterocycles. The Bertz CT molecular complexity index is 1150. The van der Waals surface area contributed by atoms with Crippen molar-refractivity contribution in [1.82, 2.24) is 15.0 Å². The minimum absolute atomic E-state index is 0.389. The molecule has 1 N–H and O–H groups in total. The first kappa shape index (κ1) is 21.3. The summed E-state index contributed by atoms with van der Waals surface area (Å²) >= 11 is 0. The maximum absolute atomic E-state index is 5.75. The molecule has 3 aliphatic heterocycles. The lowest BCUT2D eigenvalue weighted by atomic mass is 10.1. The summed E-state index contributed by atoms with van der Waals surface area (Å²) in [5.74, 6) is 1.56. The van der Waals surface area contributed by atoms with Crippen LogP contribution in [0.15, 0.2) is 48.8 Å². The second-order valence-corrected chi connectivity index (χ2v) is 9.25. The predicted molar refractivity (Wildman–Crippen MR) is 133 cm³/mol. The first-order chi connectivity index (χ1) is 16.7. The van der Waals surface area contributed by atoms with E-state index in [-0.39, 0.29) is 0 Å². The highest BCUT2D eigenvalue weighted by Gasteiger charge is 2.39. The van der Waals surface area contributed by atoms with Crippen molar-refractivity contribution in [2.24, 2.45) is 0 Å². The second-order valence-electron chi connectivity index (χ2n) is 9.25. The molecule has 176 valence electrons. The summed E-state index contributed by atoms with van der Waals surface area (Å²) in [4.78, 5) is 18.6. The standard InChI is InChI=1S/C26H30N6O2/c1-18-13-20(4-5-24(18)32-16-22-14-21(32)17-34-22)29-26-27-8-7-23(30-26)19-3-6-25(28-15-19)31-9-2-11-33-12-10-31/h3-8,13,15,21-22H,2,9-12,14,16-17H2,1H3,(H,27,29,30). The first-order valence-electron chi connectivity index (χ1n) is 12.1. The van der Waals surface area contributed by atoms with Gasteiger partial charge >= 0.3 is 0 Å². The van der Waals surface area contributed by atoms with Crippen LogP contribution in [0.5, 0.6) is 0 Å². The van der Waals surface area contributed by atoms with Gasteiger partial charge in [0.1, 0.15) is 5.82 Å². The van der Waals surface area contributed by atoms with Crippen LogP contribution in [-0.2, 0) is 9.47 Å². The Morgan fingerprint density at radius 3 is 2.82 bits per heavy atom. The number of nitrogens with zero attached hydrogens (tertiary/aromatic N) is 5. The van der Waals surface area contributed by atoms with Gasteiger partial charge in [0.2, 0.25) is 5.95 Å². The van der Waals surface area contributed by atoms with Gasteiger partial charge in [-0.05, 0) is 61.7 Å². The summed E-state index contributed by atoms with van der Waals surface area (Å²) in [7, 11) is 0. The van der Waals surface area contributed by atoms with Crippen molar-refractivity contribution in [1.29, 1.82) is 0 Å². The van der Waals surface area contributed by atoms with Crippen molar-refractivity contribution in [2.45, 2.75) is 31.9 Å². The average Bonchev–Trinajstić information content (AvgIpc) is 3.39. The van der Waals surface area contributed by atoms with Crippen LogP contribution in [-0.4, -0.2) is 66.6 Å². The van der Waals surface area contributed by atoms with E-state index in [1.807, 2.05) is 12.3 Å². The van der Waals surface area contributed by atoms with E-state index in [1.54, 1.807) is 6.20 Å². The molecule has 2 unspecified atom stereocenters. The molecule has 2 aromatic heterocycles. The number of aromatic nitrogens is 3. The molecule has 0 amide bonds. The Hall–Kier alpha value is -3.23. The summed E-state index contributed by atoms with van der Waals surface area (Å²) in [6.45, 7) is 7.40. The number of benzene rings is 1. The Labute approximate surface area is 199 Å². The molecular weight excluding hydrogens is 428 g/mol. The second kappa shape index (κ2) is 9.19. The van der Waals surface area contributed by atoms with Gasteiger partial charge in [-0.25, -0.2) is 15.0 Å². The van der Waals surface area contributed by atoms with Crippen LogP contribution in [0, 0.1) is 6.92 Å². The van der Waals surface area contributed by atoms with Crippen LogP contribution in [0.3, 0.4) is 0 Å². The maximum atomic E-state index is 5.75. The van der Waals surface area contributed by atoms with E-state index in [2.05, 4.69) is 62.3 Å². The molecule has 0 spiro atoms. The summed E-state index contributed by atoms with van der Waals surface area (Å²) in [5.41, 5.74) is 5.33. The zero-order valence-corrected chi connectivity index (χ0v) is 19.5. The lowest BCUT2D eigenvalue weighted by Gasteiger charge is -2.30. The predicted octanol–water partition coefficient (Wildman–Crippen LogP) is 3.79. The number of ether oxygens (including phenoxy) is 2. The smallest absolute Gasteiger partial charge is 0.227 e. The number of morpholine rings is 1. The zero-order valence-electron chi connectivity index (χ0n) is 19.5. The van der Waals surface area contributed by atoms with Gasteiger partial charge in [-0.15, -0.1) is 0 Å². The summed E-state index contributed by atoms with van der Waals surface area (Å²) in [6, 6.07) is 13.0. The fraction of sp³-hybridized carbons (Fsp3) is 0.423. The number of fused-ring (bicyclic) bond motifs is 2. The van der Waals surface area contributed by atoms with E-state index in [4.69, 9.17) is 14.5 Å². The number of hydrogen-bond acceptors (Lipinski definition) is 8. The fourth-order valence-electron chi connectivity index (χ4n) is 5.16. The van der Waals surface area contributed by atoms with Crippen LogP contribution >= 0.6 is 0 Å². The molecule has 0 saturated carbocycles. The largest absolute Gasteiger partial charge is 0.380 e. The minimum Gasteiger partial charge on any atom is -0.380 e. The molecule has 6 rings (SSSR count). The van der Waals surface area contributed by atoms with Crippen LogP contribution in [0.4, 0.5) is 23.1 Å². The van der Waals surface area contributed by atoms with Crippen molar-refractivity contribution in [3.8, 4) is 11.3 Å². The van der Waals surface area contributed by atoms with E-state index in [0.717, 1.165) is 75.1 Å². The summed E-state index contributed by atoms with van der Waals surface area (Å²) in [6.07, 6.45) is 6.23. The van der Waals surface area contributed by atoms with Crippen LogP contribution in [0.2, 0.25) is 0 Å². The molecule has 3 aromatic rings.